The smallest absolute Gasteiger partial charge is 0.289 e. The van der Waals surface area contributed by atoms with Crippen molar-refractivity contribution in [3.8, 4) is 85.7 Å². The highest BCUT2D eigenvalue weighted by molar-refractivity contribution is 5.95. The van der Waals surface area contributed by atoms with Gasteiger partial charge in [-0.25, -0.2) is 0 Å². The number of piperazine rings is 3. The fourth-order valence-electron chi connectivity index (χ4n) is 15.6. The second-order valence-electron chi connectivity index (χ2n) is 32.1. The van der Waals surface area contributed by atoms with Crippen molar-refractivity contribution in [2.75, 3.05) is 105 Å². The molecular weight excluding hydrogens is 1580 g/mol. The highest BCUT2D eigenvalue weighted by atomic mass is 16.3. The van der Waals surface area contributed by atoms with Gasteiger partial charge in [0, 0.05) is 179 Å². The second-order valence-corrected chi connectivity index (χ2v) is 32.1. The molecule has 3 aromatic heterocycles. The lowest BCUT2D eigenvalue weighted by Gasteiger charge is -2.35. The Bertz CT molecular complexity index is 5290. The molecule has 0 spiro atoms. The predicted octanol–water partition coefficient (Wildman–Crippen LogP) is 6.49. The van der Waals surface area contributed by atoms with Crippen molar-refractivity contribution in [2.24, 2.45) is 5.73 Å². The molecule has 3 aliphatic rings. The minimum Gasteiger partial charge on any atom is -0.508 e. The first-order valence-corrected chi connectivity index (χ1v) is 42.0. The van der Waals surface area contributed by atoms with Crippen molar-refractivity contribution in [1.82, 2.24) is 100 Å². The van der Waals surface area contributed by atoms with Crippen LogP contribution >= 0.6 is 0 Å². The predicted molar refractivity (Wildman–Crippen MR) is 458 cm³/mol. The fourth-order valence-corrected chi connectivity index (χ4v) is 15.6. The molecule has 9 aromatic rings. The van der Waals surface area contributed by atoms with Crippen molar-refractivity contribution in [2.45, 2.75) is 144 Å². The summed E-state index contributed by atoms with van der Waals surface area (Å²) < 4.78 is 4.70. The van der Waals surface area contributed by atoms with Gasteiger partial charge in [-0.05, 0) is 139 Å². The zero-order chi connectivity index (χ0) is 88.0. The number of hydrogen-bond acceptors (Lipinski definition) is 24. The molecule has 0 aliphatic carbocycles. The third-order valence-corrected chi connectivity index (χ3v) is 22.5. The molecule has 3 aliphatic heterocycles. The third-order valence-electron chi connectivity index (χ3n) is 22.5. The van der Waals surface area contributed by atoms with E-state index in [4.69, 9.17) is 5.73 Å². The number of nitrogens with zero attached hydrogens (tertiary/aromatic N) is 15. The third kappa shape index (κ3) is 21.2. The number of amides is 8. The van der Waals surface area contributed by atoms with E-state index in [9.17, 15) is 69.0 Å². The number of carbonyl (C=O) groups is 8. The summed E-state index contributed by atoms with van der Waals surface area (Å²) in [5.41, 5.74) is 13.7. The summed E-state index contributed by atoms with van der Waals surface area (Å²) in [5.74, 6) is -3.86. The van der Waals surface area contributed by atoms with Crippen molar-refractivity contribution >= 4 is 47.3 Å². The number of benzene rings is 6. The molecule has 652 valence electrons. The van der Waals surface area contributed by atoms with Gasteiger partial charge in [-0.2, -0.15) is 0 Å². The van der Waals surface area contributed by atoms with Crippen LogP contribution in [0.25, 0.3) is 51.2 Å². The Balaban J connectivity index is 0.650. The molecule has 13 N–H and O–H groups in total. The Labute approximate surface area is 713 Å². The molecule has 6 aromatic carbocycles. The number of aromatic nitrogens is 9. The molecule has 8 amide bonds. The van der Waals surface area contributed by atoms with Crippen LogP contribution in [0.3, 0.4) is 0 Å². The fraction of sp³-hybridized carbons (Fsp3) is 0.432. The number of nitrogens with one attached hydrogen (secondary N) is 5. The molecule has 0 bridgehead atoms. The van der Waals surface area contributed by atoms with Gasteiger partial charge in [0.2, 0.25) is 47.0 Å². The van der Waals surface area contributed by atoms with Crippen LogP contribution in [-0.4, -0.2) is 268 Å². The Morgan fingerprint density at radius 3 is 0.951 bits per heavy atom. The summed E-state index contributed by atoms with van der Waals surface area (Å²) in [4.78, 5) is 122. The molecule has 0 saturated carbocycles. The van der Waals surface area contributed by atoms with E-state index in [0.717, 1.165) is 16.7 Å². The Morgan fingerprint density at radius 1 is 0.366 bits per heavy atom. The van der Waals surface area contributed by atoms with Crippen molar-refractivity contribution in [3.05, 3.63) is 160 Å². The first-order chi connectivity index (χ1) is 59.0. The second kappa shape index (κ2) is 40.2. The van der Waals surface area contributed by atoms with Gasteiger partial charge >= 0.3 is 0 Å². The lowest BCUT2D eigenvalue weighted by molar-refractivity contribution is -0.136. The quantitative estimate of drug-likeness (QED) is 0.0209. The molecule has 0 unspecified atom stereocenters. The van der Waals surface area contributed by atoms with Crippen molar-refractivity contribution in [1.29, 1.82) is 0 Å². The molecular formula is C88H111N21O14. The normalized spacial score (nSPS) is 14.7. The van der Waals surface area contributed by atoms with E-state index in [1.54, 1.807) is 67.4 Å². The van der Waals surface area contributed by atoms with E-state index < -0.39 is 41.6 Å². The zero-order valence-corrected chi connectivity index (χ0v) is 71.0. The maximum absolute atomic E-state index is 14.3. The van der Waals surface area contributed by atoms with Gasteiger partial charge in [0.1, 0.15) is 40.5 Å². The van der Waals surface area contributed by atoms with E-state index in [1.807, 2.05) is 114 Å². The van der Waals surface area contributed by atoms with E-state index >= 15 is 0 Å². The average molecular weight is 1690 g/mol. The molecule has 123 heavy (non-hydrogen) atoms. The minimum atomic E-state index is -1.24. The molecule has 35 nitrogen and oxygen atoms in total. The van der Waals surface area contributed by atoms with Crippen LogP contribution in [0.15, 0.2) is 109 Å². The van der Waals surface area contributed by atoms with Gasteiger partial charge in [0.05, 0.1) is 22.7 Å². The Kier molecular flexibility index (Phi) is 29.2. The maximum atomic E-state index is 14.3. The molecule has 3 fully saturated rings. The van der Waals surface area contributed by atoms with Crippen LogP contribution in [0, 0.1) is 0 Å². The molecule has 2 atom stereocenters. The van der Waals surface area contributed by atoms with E-state index in [1.165, 1.54) is 18.2 Å². The van der Waals surface area contributed by atoms with Crippen molar-refractivity contribution < 1.29 is 69.0 Å². The van der Waals surface area contributed by atoms with E-state index in [2.05, 4.69) is 71.9 Å². The molecule has 12 rings (SSSR count). The summed E-state index contributed by atoms with van der Waals surface area (Å²) in [6, 6.07) is 28.8. The highest BCUT2D eigenvalue weighted by Gasteiger charge is 2.34. The zero-order valence-electron chi connectivity index (χ0n) is 71.0. The lowest BCUT2D eigenvalue weighted by atomic mass is 9.98. The number of hydrogen-bond donors (Lipinski definition) is 12. The van der Waals surface area contributed by atoms with Gasteiger partial charge in [-0.3, -0.25) is 66.8 Å². The van der Waals surface area contributed by atoms with E-state index in [0.29, 0.717) is 152 Å². The molecule has 0 radical (unpaired) electrons. The summed E-state index contributed by atoms with van der Waals surface area (Å²) in [5, 5.41) is 105. The number of carbonyl (C=O) groups excluding carboxylic acids is 8. The number of phenols is 6. The molecule has 35 heteroatoms. The van der Waals surface area contributed by atoms with Gasteiger partial charge < -0.3 is 77.7 Å². The molecule has 3 saturated heterocycles. The number of nitrogens with two attached hydrogens (primary N) is 1. The minimum absolute atomic E-state index is 0.00267. The van der Waals surface area contributed by atoms with Gasteiger partial charge in [0.25, 0.3) is 17.7 Å². The Morgan fingerprint density at radius 2 is 0.659 bits per heavy atom. The maximum Gasteiger partial charge on any atom is 0.289 e. The summed E-state index contributed by atoms with van der Waals surface area (Å²) in [6.45, 7) is 25.0. The number of aromatic hydroxyl groups is 6. The van der Waals surface area contributed by atoms with Crippen molar-refractivity contribution in [3.63, 3.8) is 0 Å². The van der Waals surface area contributed by atoms with Gasteiger partial charge in [-0.15, -0.1) is 30.6 Å². The van der Waals surface area contributed by atoms with Crippen LogP contribution in [0.2, 0.25) is 0 Å². The van der Waals surface area contributed by atoms with E-state index in [-0.39, 0.29) is 160 Å². The van der Waals surface area contributed by atoms with Crippen LogP contribution in [0.4, 0.5) is 0 Å². The Hall–Kier alpha value is -12.9. The van der Waals surface area contributed by atoms with Gasteiger partial charge in [-0.1, -0.05) is 77.9 Å². The summed E-state index contributed by atoms with van der Waals surface area (Å²) >= 11 is 0. The van der Waals surface area contributed by atoms with Crippen LogP contribution < -0.4 is 32.3 Å². The number of phenolic OH excluding ortho intramolecular Hbond substituents is 6. The first-order valence-electron chi connectivity index (χ1n) is 42.0. The topological polar surface area (TPSA) is 456 Å². The largest absolute Gasteiger partial charge is 0.508 e. The first kappa shape index (κ1) is 89.4. The standard InChI is InChI=1S/C88H111N21O14/c1-10-90-86(121)81-98-95-78(64-43-61(52(4)5)69(110)46-72(64)113)107(81)58-19-13-55(14-20-58)49-101-31-37-104(38-32-101)75(116)27-25-67(89)84(119)94-68(26-28-76(117)105-39-33-102(34-40-105)50-56-15-21-59(22-16-56)108-79(96-99-82(108)87(122)91-11-2)65-44-62(53(6)7)70(111)47-73(65)114)85(120)93-30-29-77(118)106-41-35-103(36-42-106)51-57-17-23-60(24-18-57)109-80(97-100-83(109)88(123)92-12-3)66-45-63(54(8)9)71(112)48-74(66)115/h13-24,43-48,52-54,67-68,110-115H,10-12,25-42,49-51,89H2,1-9H3,(H,90,121)(H,91,122)(H,92,123)(H,93,120)(H,94,119)/t67-,68-/m1/s1. The van der Waals surface area contributed by atoms with Crippen LogP contribution in [0.1, 0.15) is 177 Å². The average Bonchev–Trinajstić information content (AvgIpc) is 1.66. The summed E-state index contributed by atoms with van der Waals surface area (Å²) in [7, 11) is 0. The summed E-state index contributed by atoms with van der Waals surface area (Å²) in [6.07, 6.45) is -0.361. The monoisotopic (exact) mass is 1690 g/mol. The number of rotatable bonds is 33. The van der Waals surface area contributed by atoms with Crippen LogP contribution in [0.5, 0.6) is 34.5 Å². The molecule has 6 heterocycles. The highest BCUT2D eigenvalue weighted by Crippen LogP contribution is 2.42. The van der Waals surface area contributed by atoms with Crippen LogP contribution in [-0.2, 0) is 43.6 Å². The SMILES string of the molecule is CCNC(=O)c1nnc(-c2cc(C(C)C)c(O)cc2O)n1-c1ccc(CN2CCN(C(=O)CCNC(=O)[C@@H](CCC(=O)N3CCN(Cc4ccc(-n5c(C(=O)NCC)nnc5-c5cc(C(C)C)c(O)cc5O)cc4)CC3)NC(=O)[C@H](N)CCC(=O)N3CCN(Cc4ccc(-n5c(C(=O)NCC)nnc5-c5cc(C(C)C)c(O)cc5O)cc4)CC3)CC2)cc1. The lowest BCUT2D eigenvalue weighted by Crippen LogP contribution is -2.53. The van der Waals surface area contributed by atoms with Gasteiger partial charge in [0.15, 0.2) is 17.5 Å².